The molecule has 6 atom stereocenters. The maximum Gasteiger partial charge on any atom is 0.306 e. The van der Waals surface area contributed by atoms with Crippen LogP contribution >= 0.6 is 0 Å². The van der Waals surface area contributed by atoms with Gasteiger partial charge < -0.3 is 34.3 Å². The van der Waals surface area contributed by atoms with Gasteiger partial charge in [0, 0.05) is 12.8 Å². The highest BCUT2D eigenvalue weighted by Crippen LogP contribution is 2.24. The highest BCUT2D eigenvalue weighted by atomic mass is 32.2. The maximum atomic E-state index is 12.8. The predicted molar refractivity (Wildman–Crippen MR) is 247 cm³/mol. The second-order valence-corrected chi connectivity index (χ2v) is 19.3. The number of carbonyl (C=O) groups is 2. The van der Waals surface area contributed by atoms with E-state index >= 15 is 0 Å². The second kappa shape index (κ2) is 39.7. The summed E-state index contributed by atoms with van der Waals surface area (Å²) in [6, 6.07) is 0. The number of rotatable bonds is 43. The first-order valence-corrected chi connectivity index (χ1v) is 26.9. The van der Waals surface area contributed by atoms with Gasteiger partial charge >= 0.3 is 11.9 Å². The second-order valence-electron chi connectivity index (χ2n) is 17.8. The number of carbonyl (C=O) groups excluding carboxylic acids is 2. The largest absolute Gasteiger partial charge is 0.462 e. The van der Waals surface area contributed by atoms with Crippen molar-refractivity contribution < 1.29 is 56.8 Å². The van der Waals surface area contributed by atoms with Gasteiger partial charge in [-0.25, -0.2) is 0 Å². The zero-order valence-electron chi connectivity index (χ0n) is 39.2. The first-order valence-electron chi connectivity index (χ1n) is 25.2. The van der Waals surface area contributed by atoms with Gasteiger partial charge in [0.15, 0.2) is 12.4 Å². The Morgan fingerprint density at radius 1 is 0.532 bits per heavy atom. The van der Waals surface area contributed by atoms with Gasteiger partial charge in [-0.05, 0) is 38.5 Å². The summed E-state index contributed by atoms with van der Waals surface area (Å²) in [5.41, 5.74) is 0. The summed E-state index contributed by atoms with van der Waals surface area (Å²) in [5.74, 6) is -1.99. The lowest BCUT2D eigenvalue weighted by Crippen LogP contribution is -2.60. The van der Waals surface area contributed by atoms with E-state index in [0.29, 0.717) is 12.8 Å². The molecule has 1 heterocycles. The van der Waals surface area contributed by atoms with Gasteiger partial charge in [0.25, 0.3) is 10.1 Å². The lowest BCUT2D eigenvalue weighted by molar-refractivity contribution is -0.297. The minimum absolute atomic E-state index is 0.148. The number of hydrogen-bond acceptors (Lipinski definition) is 11. The van der Waals surface area contributed by atoms with Crippen molar-refractivity contribution in [2.75, 3.05) is 19.0 Å². The Hall–Kier alpha value is -1.61. The molecule has 0 aliphatic carbocycles. The standard InChI is InChI=1S/C49H92O12S/c1-3-5-7-9-11-13-15-17-18-19-20-21-22-23-24-26-27-29-31-33-35-37-44(50)58-39-42(40-59-49-48(54)47(53)46(52)43(61-49)41-62(55,56)57)60-45(51)38-36-34-32-30-28-25-16-14-12-10-8-6-4-2/h25,28,42-43,46-49,52-54H,3-24,26-27,29-41H2,1-2H3,(H,55,56,57)/b28-25+/t42-,43-,46-,47?,48?,49+/m1/s1. The summed E-state index contributed by atoms with van der Waals surface area (Å²) in [6.07, 6.45) is 34.1. The molecule has 366 valence electrons. The summed E-state index contributed by atoms with van der Waals surface area (Å²) in [4.78, 5) is 25.5. The smallest absolute Gasteiger partial charge is 0.306 e. The molecule has 1 aliphatic heterocycles. The first-order chi connectivity index (χ1) is 30.0. The molecule has 12 nitrogen and oxygen atoms in total. The normalized spacial score (nSPS) is 19.9. The van der Waals surface area contributed by atoms with E-state index in [-0.39, 0.29) is 19.4 Å². The Labute approximate surface area is 377 Å². The third-order valence-electron chi connectivity index (χ3n) is 11.8. The van der Waals surface area contributed by atoms with Crippen LogP contribution < -0.4 is 0 Å². The van der Waals surface area contributed by atoms with Crippen LogP contribution in [0.25, 0.3) is 0 Å². The highest BCUT2D eigenvalue weighted by molar-refractivity contribution is 7.85. The van der Waals surface area contributed by atoms with Crippen LogP contribution in [0.1, 0.15) is 232 Å². The van der Waals surface area contributed by atoms with Gasteiger partial charge in [0.05, 0.1) is 6.61 Å². The fourth-order valence-electron chi connectivity index (χ4n) is 7.91. The number of esters is 2. The Morgan fingerprint density at radius 2 is 0.919 bits per heavy atom. The van der Waals surface area contributed by atoms with E-state index in [0.717, 1.165) is 44.9 Å². The van der Waals surface area contributed by atoms with Crippen LogP contribution in [0.2, 0.25) is 0 Å². The minimum atomic E-state index is -4.60. The van der Waals surface area contributed by atoms with Crippen molar-refractivity contribution in [1.82, 2.24) is 0 Å². The minimum Gasteiger partial charge on any atom is -0.462 e. The molecule has 0 bridgehead atoms. The zero-order valence-corrected chi connectivity index (χ0v) is 40.1. The number of unbranched alkanes of at least 4 members (excludes halogenated alkanes) is 29. The van der Waals surface area contributed by atoms with Crippen molar-refractivity contribution in [2.24, 2.45) is 0 Å². The lowest BCUT2D eigenvalue weighted by Gasteiger charge is -2.40. The Kier molecular flexibility index (Phi) is 37.4. The third-order valence-corrected chi connectivity index (χ3v) is 12.6. The monoisotopic (exact) mass is 905 g/mol. The molecule has 13 heteroatoms. The Morgan fingerprint density at radius 3 is 1.35 bits per heavy atom. The third kappa shape index (κ3) is 33.8. The van der Waals surface area contributed by atoms with Crippen LogP contribution in [0.3, 0.4) is 0 Å². The molecule has 0 saturated carbocycles. The summed E-state index contributed by atoms with van der Waals surface area (Å²) >= 11 is 0. The van der Waals surface area contributed by atoms with Crippen molar-refractivity contribution in [3.05, 3.63) is 12.2 Å². The molecule has 0 aromatic heterocycles. The van der Waals surface area contributed by atoms with Gasteiger partial charge in [-0.3, -0.25) is 14.1 Å². The fourth-order valence-corrected chi connectivity index (χ4v) is 8.60. The van der Waals surface area contributed by atoms with Crippen LogP contribution in [-0.2, 0) is 38.7 Å². The number of aliphatic hydroxyl groups excluding tert-OH is 3. The molecule has 0 aromatic rings. The molecule has 0 aromatic carbocycles. The number of hydrogen-bond donors (Lipinski definition) is 4. The Bertz CT molecular complexity index is 1200. The van der Waals surface area contributed by atoms with Crippen molar-refractivity contribution in [1.29, 1.82) is 0 Å². The molecule has 0 spiro atoms. The summed E-state index contributed by atoms with van der Waals surface area (Å²) in [6.45, 7) is 3.77. The molecular weight excluding hydrogens is 813 g/mol. The van der Waals surface area contributed by atoms with E-state index in [1.54, 1.807) is 0 Å². The van der Waals surface area contributed by atoms with Crippen LogP contribution in [0.4, 0.5) is 0 Å². The lowest BCUT2D eigenvalue weighted by atomic mass is 10.00. The van der Waals surface area contributed by atoms with Gasteiger partial charge in [-0.2, -0.15) is 8.42 Å². The average molecular weight is 905 g/mol. The quantitative estimate of drug-likeness (QED) is 0.0197. The van der Waals surface area contributed by atoms with E-state index in [9.17, 15) is 37.9 Å². The molecule has 0 radical (unpaired) electrons. The van der Waals surface area contributed by atoms with Gasteiger partial charge in [0.1, 0.15) is 36.8 Å². The van der Waals surface area contributed by atoms with E-state index in [4.69, 9.17) is 18.9 Å². The van der Waals surface area contributed by atoms with Gasteiger partial charge in [0.2, 0.25) is 0 Å². The zero-order chi connectivity index (χ0) is 45.5. The topological polar surface area (TPSA) is 186 Å². The average Bonchev–Trinajstić information content (AvgIpc) is 3.24. The number of ether oxygens (including phenoxy) is 4. The van der Waals surface area contributed by atoms with Gasteiger partial charge in [-0.15, -0.1) is 0 Å². The van der Waals surface area contributed by atoms with Crippen LogP contribution in [0.15, 0.2) is 12.2 Å². The Balaban J connectivity index is 2.34. The summed E-state index contributed by atoms with van der Waals surface area (Å²) in [5, 5.41) is 30.9. The van der Waals surface area contributed by atoms with E-state index < -0.39 is 71.2 Å². The van der Waals surface area contributed by atoms with Crippen LogP contribution in [0, 0.1) is 0 Å². The van der Waals surface area contributed by atoms with Crippen LogP contribution in [-0.4, -0.2) is 96.0 Å². The van der Waals surface area contributed by atoms with Crippen molar-refractivity contribution in [2.45, 2.75) is 269 Å². The fraction of sp³-hybridized carbons (Fsp3) is 0.918. The van der Waals surface area contributed by atoms with Crippen molar-refractivity contribution >= 4 is 22.1 Å². The molecular formula is C49H92O12S. The summed E-state index contributed by atoms with van der Waals surface area (Å²) in [7, 11) is -4.60. The maximum absolute atomic E-state index is 12.8. The predicted octanol–water partition coefficient (Wildman–Crippen LogP) is 11.0. The van der Waals surface area contributed by atoms with E-state index in [1.807, 2.05) is 0 Å². The van der Waals surface area contributed by atoms with Gasteiger partial charge in [-0.1, -0.05) is 193 Å². The van der Waals surface area contributed by atoms with E-state index in [2.05, 4.69) is 26.0 Å². The van der Waals surface area contributed by atoms with E-state index in [1.165, 1.54) is 148 Å². The molecule has 2 unspecified atom stereocenters. The molecule has 62 heavy (non-hydrogen) atoms. The number of aliphatic hydroxyl groups is 3. The van der Waals surface area contributed by atoms with Crippen molar-refractivity contribution in [3.63, 3.8) is 0 Å². The van der Waals surface area contributed by atoms with Crippen LogP contribution in [0.5, 0.6) is 0 Å². The molecule has 0 amide bonds. The summed E-state index contributed by atoms with van der Waals surface area (Å²) < 4.78 is 54.1. The number of allylic oxidation sites excluding steroid dienone is 2. The molecule has 4 N–H and O–H groups in total. The molecule has 1 aliphatic rings. The molecule has 1 saturated heterocycles. The highest BCUT2D eigenvalue weighted by Gasteiger charge is 2.46. The first kappa shape index (κ1) is 58.4. The SMILES string of the molecule is CCCCCCCC/C=C/CCCCCC(=O)O[C@H](COC(=O)CCCCCCCCCCCCCCCCCCCCCCC)CO[C@H]1O[C@H](CS(=O)(=O)O)[C@@H](O)C(O)C1O. The molecule has 1 fully saturated rings. The molecule has 1 rings (SSSR count). The van der Waals surface area contributed by atoms with Crippen molar-refractivity contribution in [3.8, 4) is 0 Å².